The number of aromatic nitrogens is 1. The van der Waals surface area contributed by atoms with Crippen molar-refractivity contribution in [1.82, 2.24) is 4.98 Å². The van der Waals surface area contributed by atoms with E-state index >= 15 is 0 Å². The van der Waals surface area contributed by atoms with Crippen molar-refractivity contribution < 1.29 is 14.3 Å². The molecule has 112 valence electrons. The second-order valence-electron chi connectivity index (χ2n) is 4.99. The van der Waals surface area contributed by atoms with Crippen LogP contribution in [0, 0.1) is 17.1 Å². The fraction of sp³-hybridized carbons (Fsp3) is 0. The average molecular weight is 306 g/mol. The van der Waals surface area contributed by atoms with E-state index < -0.39 is 11.6 Å². The number of nitrogens with one attached hydrogen (secondary N) is 1. The van der Waals surface area contributed by atoms with E-state index in [1.165, 1.54) is 42.6 Å². The van der Waals surface area contributed by atoms with Crippen molar-refractivity contribution in [1.29, 1.82) is 5.26 Å². The molecule has 0 amide bonds. The maximum Gasteiger partial charge on any atom is 0.205 e. The summed E-state index contributed by atoms with van der Waals surface area (Å²) in [5, 5.41) is 19.3. The minimum atomic E-state index is -0.464. The summed E-state index contributed by atoms with van der Waals surface area (Å²) in [6, 6.07) is 12.2. The van der Waals surface area contributed by atoms with Crippen molar-refractivity contribution in [2.24, 2.45) is 0 Å². The summed E-state index contributed by atoms with van der Waals surface area (Å²) in [6.07, 6.45) is 2.87. The van der Waals surface area contributed by atoms with Gasteiger partial charge in [0.15, 0.2) is 0 Å². The molecule has 0 bridgehead atoms. The van der Waals surface area contributed by atoms with Crippen LogP contribution in [0.15, 0.2) is 54.2 Å². The van der Waals surface area contributed by atoms with Gasteiger partial charge in [-0.05, 0) is 42.0 Å². The number of H-pyrrole nitrogens is 1. The number of aromatic amines is 1. The predicted molar refractivity (Wildman–Crippen MR) is 84.3 cm³/mol. The van der Waals surface area contributed by atoms with Crippen LogP contribution in [0.5, 0.6) is 5.75 Å². The number of carbonyl (C=O) groups is 1. The monoisotopic (exact) mass is 306 g/mol. The lowest BCUT2D eigenvalue weighted by Crippen LogP contribution is -2.01. The van der Waals surface area contributed by atoms with Crippen molar-refractivity contribution >= 4 is 22.8 Å². The van der Waals surface area contributed by atoms with E-state index in [0.29, 0.717) is 22.0 Å². The van der Waals surface area contributed by atoms with Gasteiger partial charge in [-0.2, -0.15) is 5.26 Å². The third-order valence-corrected chi connectivity index (χ3v) is 3.43. The largest absolute Gasteiger partial charge is 0.508 e. The highest BCUT2D eigenvalue weighted by atomic mass is 19.1. The van der Waals surface area contributed by atoms with Crippen LogP contribution in [0.25, 0.3) is 17.0 Å². The number of phenols is 1. The second kappa shape index (κ2) is 5.78. The maximum absolute atomic E-state index is 13.2. The number of carbonyl (C=O) groups excluding carboxylic acids is 1. The van der Waals surface area contributed by atoms with Gasteiger partial charge in [0.25, 0.3) is 0 Å². The Bertz CT molecular complexity index is 980. The topological polar surface area (TPSA) is 76.9 Å². The van der Waals surface area contributed by atoms with Gasteiger partial charge in [-0.1, -0.05) is 12.1 Å². The zero-order valence-corrected chi connectivity index (χ0v) is 11.9. The number of fused-ring (bicyclic) bond motifs is 1. The van der Waals surface area contributed by atoms with E-state index in [0.717, 1.165) is 0 Å². The Hall–Kier alpha value is -3.39. The summed E-state index contributed by atoms with van der Waals surface area (Å²) in [5.41, 5.74) is 1.26. The highest BCUT2D eigenvalue weighted by molar-refractivity contribution is 6.19. The molecule has 3 aromatic rings. The fourth-order valence-corrected chi connectivity index (χ4v) is 2.36. The number of rotatable bonds is 3. The van der Waals surface area contributed by atoms with Crippen LogP contribution in [0.3, 0.4) is 0 Å². The van der Waals surface area contributed by atoms with Gasteiger partial charge in [0.1, 0.15) is 23.2 Å². The summed E-state index contributed by atoms with van der Waals surface area (Å²) >= 11 is 0. The minimum Gasteiger partial charge on any atom is -0.508 e. The molecule has 0 aliphatic heterocycles. The quantitative estimate of drug-likeness (QED) is 0.439. The number of nitrogens with zero attached hydrogens (tertiary/aromatic N) is 1. The number of allylic oxidation sites excluding steroid dienone is 1. The Morgan fingerprint density at radius 1 is 1.26 bits per heavy atom. The third kappa shape index (κ3) is 2.83. The SMILES string of the molecule is N#C/C(=C\c1cccc(O)c1)C(=O)c1c[nH]c2cc(F)ccc12. The van der Waals surface area contributed by atoms with Gasteiger partial charge in [0.2, 0.25) is 5.78 Å². The molecule has 4 nitrogen and oxygen atoms in total. The molecule has 3 rings (SSSR count). The molecule has 0 unspecified atom stereocenters. The molecule has 23 heavy (non-hydrogen) atoms. The zero-order chi connectivity index (χ0) is 16.4. The maximum atomic E-state index is 13.2. The summed E-state index contributed by atoms with van der Waals surface area (Å²) < 4.78 is 13.2. The number of benzene rings is 2. The van der Waals surface area contributed by atoms with E-state index in [1.54, 1.807) is 12.1 Å². The summed E-state index contributed by atoms with van der Waals surface area (Å²) in [7, 11) is 0. The van der Waals surface area contributed by atoms with Crippen LogP contribution in [0.4, 0.5) is 4.39 Å². The molecule has 1 aromatic heterocycles. The average Bonchev–Trinajstić information content (AvgIpc) is 2.95. The molecule has 0 atom stereocenters. The first kappa shape index (κ1) is 14.5. The Morgan fingerprint density at radius 2 is 2.09 bits per heavy atom. The van der Waals surface area contributed by atoms with Gasteiger partial charge < -0.3 is 10.1 Å². The van der Waals surface area contributed by atoms with Crippen molar-refractivity contribution in [3.05, 3.63) is 71.2 Å². The van der Waals surface area contributed by atoms with Crippen LogP contribution in [-0.2, 0) is 0 Å². The van der Waals surface area contributed by atoms with E-state index in [1.807, 2.05) is 6.07 Å². The molecular weight excluding hydrogens is 295 g/mol. The van der Waals surface area contributed by atoms with E-state index in [4.69, 9.17) is 0 Å². The Labute approximate surface area is 131 Å². The zero-order valence-electron chi connectivity index (χ0n) is 11.9. The van der Waals surface area contributed by atoms with Crippen molar-refractivity contribution in [3.63, 3.8) is 0 Å². The summed E-state index contributed by atoms with van der Waals surface area (Å²) in [4.78, 5) is 15.4. The minimum absolute atomic E-state index is 0.0473. The van der Waals surface area contributed by atoms with E-state index in [9.17, 15) is 19.6 Å². The highest BCUT2D eigenvalue weighted by Gasteiger charge is 2.17. The van der Waals surface area contributed by atoms with Crippen LogP contribution < -0.4 is 0 Å². The van der Waals surface area contributed by atoms with Crippen LogP contribution in [0.2, 0.25) is 0 Å². The van der Waals surface area contributed by atoms with Crippen molar-refractivity contribution in [2.45, 2.75) is 0 Å². The number of halogens is 1. The number of phenolic OH excluding ortho intramolecular Hbond substituents is 1. The predicted octanol–water partition coefficient (Wildman–Crippen LogP) is 3.80. The van der Waals surface area contributed by atoms with Gasteiger partial charge in [0, 0.05) is 22.7 Å². The molecule has 0 aliphatic carbocycles. The molecule has 2 N–H and O–H groups in total. The van der Waals surface area contributed by atoms with Crippen LogP contribution >= 0.6 is 0 Å². The molecule has 0 saturated heterocycles. The van der Waals surface area contributed by atoms with E-state index in [-0.39, 0.29) is 11.3 Å². The molecule has 0 saturated carbocycles. The first-order valence-electron chi connectivity index (χ1n) is 6.80. The number of Topliss-reactive ketones (excluding diaryl/α,β-unsaturated/α-hetero) is 1. The highest BCUT2D eigenvalue weighted by Crippen LogP contribution is 2.23. The third-order valence-electron chi connectivity index (χ3n) is 3.43. The molecular formula is C18H11FN2O2. The molecule has 5 heteroatoms. The van der Waals surface area contributed by atoms with Crippen LogP contribution in [-0.4, -0.2) is 15.9 Å². The standard InChI is InChI=1S/C18H11FN2O2/c19-13-4-5-15-16(10-21-17(15)8-13)18(23)12(9-20)6-11-2-1-3-14(22)7-11/h1-8,10,21-22H/b12-6+. The normalized spacial score (nSPS) is 11.4. The number of aromatic hydroxyl groups is 1. The molecule has 1 heterocycles. The number of nitriles is 1. The lowest BCUT2D eigenvalue weighted by molar-refractivity contribution is 0.104. The van der Waals surface area contributed by atoms with Crippen LogP contribution in [0.1, 0.15) is 15.9 Å². The first-order valence-corrected chi connectivity index (χ1v) is 6.80. The Kier molecular flexibility index (Phi) is 3.65. The lowest BCUT2D eigenvalue weighted by Gasteiger charge is -2.00. The molecule has 0 fully saturated rings. The second-order valence-corrected chi connectivity index (χ2v) is 4.99. The number of hydrogen-bond acceptors (Lipinski definition) is 3. The van der Waals surface area contributed by atoms with Gasteiger partial charge in [-0.3, -0.25) is 4.79 Å². The summed E-state index contributed by atoms with van der Waals surface area (Å²) in [6.45, 7) is 0. The molecule has 0 spiro atoms. The van der Waals surface area contributed by atoms with Crippen molar-refractivity contribution in [3.8, 4) is 11.8 Å². The van der Waals surface area contributed by atoms with Crippen molar-refractivity contribution in [2.75, 3.05) is 0 Å². The van der Waals surface area contributed by atoms with Gasteiger partial charge in [0.05, 0.1) is 0 Å². The van der Waals surface area contributed by atoms with Gasteiger partial charge in [-0.25, -0.2) is 4.39 Å². The first-order chi connectivity index (χ1) is 11.1. The molecule has 2 aromatic carbocycles. The van der Waals surface area contributed by atoms with E-state index in [2.05, 4.69) is 4.98 Å². The summed E-state index contributed by atoms with van der Waals surface area (Å²) in [5.74, 6) is -0.825. The Balaban J connectivity index is 2.04. The van der Waals surface area contributed by atoms with Gasteiger partial charge >= 0.3 is 0 Å². The molecule has 0 aliphatic rings. The molecule has 0 radical (unpaired) electrons. The fourth-order valence-electron chi connectivity index (χ4n) is 2.36. The van der Waals surface area contributed by atoms with Gasteiger partial charge in [-0.15, -0.1) is 0 Å². The Morgan fingerprint density at radius 3 is 2.83 bits per heavy atom. The number of hydrogen-bond donors (Lipinski definition) is 2. The lowest BCUT2D eigenvalue weighted by atomic mass is 10.0. The number of ketones is 1. The smallest absolute Gasteiger partial charge is 0.205 e.